The van der Waals surface area contributed by atoms with Crippen LogP contribution in [0.15, 0.2) is 0 Å². The zero-order valence-electron chi connectivity index (χ0n) is 11.3. The molecule has 2 amide bonds. The molecule has 0 aromatic rings. The fourth-order valence-corrected chi connectivity index (χ4v) is 1.44. The number of aliphatic hydroxyl groups excluding tert-OH is 1. The van der Waals surface area contributed by atoms with Crippen molar-refractivity contribution in [3.63, 3.8) is 0 Å². The molecule has 0 spiro atoms. The van der Waals surface area contributed by atoms with Crippen LogP contribution >= 0.6 is 0 Å². The van der Waals surface area contributed by atoms with Crippen LogP contribution in [0, 0.1) is 0 Å². The molecule has 20 heavy (non-hydrogen) atoms. The van der Waals surface area contributed by atoms with Crippen LogP contribution < -0.4 is 5.32 Å². The molecule has 9 heteroatoms. The molecular weight excluding hydrogens is 281 g/mol. The van der Waals surface area contributed by atoms with Gasteiger partial charge in [-0.2, -0.15) is 13.2 Å². The Balaban J connectivity index is 4.61. The summed E-state index contributed by atoms with van der Waals surface area (Å²) in [6.07, 6.45) is -4.71. The molecule has 118 valence electrons. The van der Waals surface area contributed by atoms with Crippen molar-refractivity contribution < 1.29 is 33.0 Å². The summed E-state index contributed by atoms with van der Waals surface area (Å²) in [6.45, 7) is 0.491. The number of carboxylic acid groups (broad SMARTS) is 1. The second-order valence-corrected chi connectivity index (χ2v) is 4.97. The van der Waals surface area contributed by atoms with Crippen molar-refractivity contribution >= 4 is 12.0 Å². The highest BCUT2D eigenvalue weighted by Gasteiger charge is 2.34. The highest BCUT2D eigenvalue weighted by Crippen LogP contribution is 2.17. The van der Waals surface area contributed by atoms with Gasteiger partial charge in [0.25, 0.3) is 0 Å². The highest BCUT2D eigenvalue weighted by atomic mass is 19.4. The van der Waals surface area contributed by atoms with E-state index in [0.717, 1.165) is 0 Å². The normalized spacial score (nSPS) is 12.1. The minimum atomic E-state index is -4.57. The summed E-state index contributed by atoms with van der Waals surface area (Å²) in [4.78, 5) is 22.6. The predicted molar refractivity (Wildman–Crippen MR) is 64.2 cm³/mol. The van der Waals surface area contributed by atoms with E-state index in [0.29, 0.717) is 4.90 Å². The molecule has 0 atom stereocenters. The van der Waals surface area contributed by atoms with Gasteiger partial charge in [-0.05, 0) is 20.3 Å². The standard InChI is InChI=1S/C11H19F3N2O4/c1-10(2,4-3-8(18)19)15-9(20)16(5-6-17)7-11(12,13)14/h17H,3-7H2,1-2H3,(H,15,20)(H,18,19). The summed E-state index contributed by atoms with van der Waals surface area (Å²) >= 11 is 0. The van der Waals surface area contributed by atoms with E-state index in [4.69, 9.17) is 10.2 Å². The molecule has 0 bridgehead atoms. The molecule has 0 radical (unpaired) electrons. The summed E-state index contributed by atoms with van der Waals surface area (Å²) < 4.78 is 36.9. The van der Waals surface area contributed by atoms with E-state index in [2.05, 4.69) is 5.32 Å². The van der Waals surface area contributed by atoms with Crippen molar-refractivity contribution in [3.8, 4) is 0 Å². The predicted octanol–water partition coefficient (Wildman–Crippen LogP) is 1.20. The number of hydrogen-bond donors (Lipinski definition) is 3. The molecule has 0 heterocycles. The largest absolute Gasteiger partial charge is 0.481 e. The van der Waals surface area contributed by atoms with Crippen molar-refractivity contribution in [1.29, 1.82) is 0 Å². The minimum Gasteiger partial charge on any atom is -0.481 e. The number of hydrogen-bond acceptors (Lipinski definition) is 3. The second kappa shape index (κ2) is 7.32. The van der Waals surface area contributed by atoms with Crippen LogP contribution in [0.5, 0.6) is 0 Å². The molecule has 3 N–H and O–H groups in total. The smallest absolute Gasteiger partial charge is 0.406 e. The molecule has 0 rings (SSSR count). The number of carbonyl (C=O) groups excluding carboxylic acids is 1. The van der Waals surface area contributed by atoms with Gasteiger partial charge >= 0.3 is 18.2 Å². The average molecular weight is 300 g/mol. The minimum absolute atomic E-state index is 0.0764. The molecular formula is C11H19F3N2O4. The van der Waals surface area contributed by atoms with E-state index >= 15 is 0 Å². The number of carboxylic acids is 1. The lowest BCUT2D eigenvalue weighted by molar-refractivity contribution is -0.140. The SMILES string of the molecule is CC(C)(CCC(=O)O)NC(=O)N(CCO)CC(F)(F)F. The van der Waals surface area contributed by atoms with Crippen molar-refractivity contribution in [2.75, 3.05) is 19.7 Å². The molecule has 0 aromatic heterocycles. The molecule has 0 saturated heterocycles. The van der Waals surface area contributed by atoms with E-state index in [9.17, 15) is 22.8 Å². The van der Waals surface area contributed by atoms with Gasteiger partial charge < -0.3 is 20.4 Å². The van der Waals surface area contributed by atoms with Crippen LogP contribution in [0.25, 0.3) is 0 Å². The third kappa shape index (κ3) is 8.57. The lowest BCUT2D eigenvalue weighted by atomic mass is 9.99. The van der Waals surface area contributed by atoms with Crippen molar-refractivity contribution in [2.24, 2.45) is 0 Å². The second-order valence-electron chi connectivity index (χ2n) is 4.97. The van der Waals surface area contributed by atoms with E-state index in [-0.39, 0.29) is 12.8 Å². The number of carbonyl (C=O) groups is 2. The number of amides is 2. The zero-order valence-corrected chi connectivity index (χ0v) is 11.3. The van der Waals surface area contributed by atoms with Gasteiger partial charge in [-0.1, -0.05) is 0 Å². The fourth-order valence-electron chi connectivity index (χ4n) is 1.44. The Labute approximate surface area is 114 Å². The third-order valence-electron chi connectivity index (χ3n) is 2.44. The maximum Gasteiger partial charge on any atom is 0.406 e. The number of nitrogens with one attached hydrogen (secondary N) is 1. The average Bonchev–Trinajstić information content (AvgIpc) is 2.23. The summed E-state index contributed by atoms with van der Waals surface area (Å²) in [6, 6.07) is -0.994. The third-order valence-corrected chi connectivity index (χ3v) is 2.44. The molecule has 0 aliphatic heterocycles. The summed E-state index contributed by atoms with van der Waals surface area (Å²) in [7, 11) is 0. The molecule has 6 nitrogen and oxygen atoms in total. The summed E-state index contributed by atoms with van der Waals surface area (Å²) in [5.41, 5.74) is -0.964. The quantitative estimate of drug-likeness (QED) is 0.659. The first kappa shape index (κ1) is 18.5. The Hall–Kier alpha value is -1.51. The van der Waals surface area contributed by atoms with Gasteiger partial charge in [0.15, 0.2) is 0 Å². The highest BCUT2D eigenvalue weighted by molar-refractivity contribution is 5.75. The van der Waals surface area contributed by atoms with Crippen LogP contribution in [0.3, 0.4) is 0 Å². The van der Waals surface area contributed by atoms with Crippen LogP contribution in [-0.4, -0.2) is 58.5 Å². The summed E-state index contributed by atoms with van der Waals surface area (Å²) in [5, 5.41) is 19.6. The monoisotopic (exact) mass is 300 g/mol. The van der Waals surface area contributed by atoms with Crippen LogP contribution in [0.4, 0.5) is 18.0 Å². The Bertz CT molecular complexity index is 345. The first-order valence-electron chi connectivity index (χ1n) is 5.93. The number of halogens is 3. The first-order valence-corrected chi connectivity index (χ1v) is 5.93. The summed E-state index contributed by atoms with van der Waals surface area (Å²) in [5.74, 6) is -1.06. The molecule has 0 aromatic carbocycles. The number of rotatable bonds is 7. The number of alkyl halides is 3. The Morgan fingerprint density at radius 2 is 1.80 bits per heavy atom. The van der Waals surface area contributed by atoms with Crippen LogP contribution in [0.2, 0.25) is 0 Å². The Morgan fingerprint density at radius 1 is 1.25 bits per heavy atom. The van der Waals surface area contributed by atoms with Gasteiger partial charge in [-0.15, -0.1) is 0 Å². The van der Waals surface area contributed by atoms with Crippen molar-refractivity contribution in [2.45, 2.75) is 38.4 Å². The van der Waals surface area contributed by atoms with Gasteiger partial charge in [0.2, 0.25) is 0 Å². The van der Waals surface area contributed by atoms with E-state index in [1.807, 2.05) is 0 Å². The molecule has 0 unspecified atom stereocenters. The topological polar surface area (TPSA) is 89.9 Å². The van der Waals surface area contributed by atoms with Gasteiger partial charge in [0.05, 0.1) is 6.61 Å². The fraction of sp³-hybridized carbons (Fsp3) is 0.818. The zero-order chi connectivity index (χ0) is 16.0. The molecule has 0 fully saturated rings. The van der Waals surface area contributed by atoms with Crippen LogP contribution in [-0.2, 0) is 4.79 Å². The van der Waals surface area contributed by atoms with E-state index < -0.39 is 43.4 Å². The lowest BCUT2D eigenvalue weighted by Gasteiger charge is -2.31. The van der Waals surface area contributed by atoms with Gasteiger partial charge in [0.1, 0.15) is 6.54 Å². The molecule has 0 aliphatic carbocycles. The van der Waals surface area contributed by atoms with Gasteiger partial charge in [0, 0.05) is 18.5 Å². The Morgan fingerprint density at radius 3 is 2.20 bits per heavy atom. The van der Waals surface area contributed by atoms with Crippen molar-refractivity contribution in [3.05, 3.63) is 0 Å². The maximum atomic E-state index is 12.3. The van der Waals surface area contributed by atoms with Crippen LogP contribution in [0.1, 0.15) is 26.7 Å². The van der Waals surface area contributed by atoms with E-state index in [1.54, 1.807) is 0 Å². The number of aliphatic hydroxyl groups is 1. The number of urea groups is 1. The number of aliphatic carboxylic acids is 1. The van der Waals surface area contributed by atoms with E-state index in [1.165, 1.54) is 13.8 Å². The first-order chi connectivity index (χ1) is 8.97. The molecule has 0 saturated carbocycles. The molecule has 0 aliphatic rings. The number of nitrogens with zero attached hydrogens (tertiary/aromatic N) is 1. The van der Waals surface area contributed by atoms with Gasteiger partial charge in [-0.3, -0.25) is 4.79 Å². The lowest BCUT2D eigenvalue weighted by Crippen LogP contribution is -2.53. The maximum absolute atomic E-state index is 12.3. The van der Waals surface area contributed by atoms with Gasteiger partial charge in [-0.25, -0.2) is 4.79 Å². The Kier molecular flexibility index (Phi) is 6.77. The van der Waals surface area contributed by atoms with Crippen molar-refractivity contribution in [1.82, 2.24) is 10.2 Å².